The lowest BCUT2D eigenvalue weighted by Crippen LogP contribution is -2.18. The van der Waals surface area contributed by atoms with E-state index < -0.39 is 56.0 Å². The standard InChI is InChI=1S/C19H12Cl2F6N4O3S/c1-9-3-5-11(20)14(7-9)35(2,33)29-17(32)15-16(18(22,23)24)31(30-28-15)13-6-4-10(8-12(13)21)34-19(25,26)27/h3-8H,1-2H3. The van der Waals surface area contributed by atoms with Crippen molar-refractivity contribution < 1.29 is 40.1 Å². The molecule has 0 radical (unpaired) electrons. The van der Waals surface area contributed by atoms with Crippen LogP contribution in [0, 0.1) is 6.92 Å². The Balaban J connectivity index is 2.12. The van der Waals surface area contributed by atoms with Gasteiger partial charge in [-0.05, 0) is 36.8 Å². The van der Waals surface area contributed by atoms with Crippen LogP contribution in [0.4, 0.5) is 26.3 Å². The molecule has 0 N–H and O–H groups in total. The quantitative estimate of drug-likeness (QED) is 0.360. The number of amides is 1. The van der Waals surface area contributed by atoms with Crippen molar-refractivity contribution in [3.8, 4) is 11.4 Å². The first-order valence-electron chi connectivity index (χ1n) is 9.11. The number of nitrogens with zero attached hydrogens (tertiary/aromatic N) is 4. The second-order valence-electron chi connectivity index (χ2n) is 6.99. The molecule has 0 saturated heterocycles. The summed E-state index contributed by atoms with van der Waals surface area (Å²) in [6.45, 7) is 1.64. The van der Waals surface area contributed by atoms with Crippen molar-refractivity contribution >= 4 is 38.8 Å². The normalized spacial score (nSPS) is 13.9. The molecule has 1 unspecified atom stereocenters. The first-order valence-corrected chi connectivity index (χ1v) is 11.8. The molecule has 7 nitrogen and oxygen atoms in total. The van der Waals surface area contributed by atoms with E-state index in [4.69, 9.17) is 23.2 Å². The van der Waals surface area contributed by atoms with E-state index in [-0.39, 0.29) is 14.6 Å². The van der Waals surface area contributed by atoms with Gasteiger partial charge in [0, 0.05) is 12.3 Å². The largest absolute Gasteiger partial charge is 0.573 e. The van der Waals surface area contributed by atoms with Crippen LogP contribution in [-0.2, 0) is 15.9 Å². The van der Waals surface area contributed by atoms with Crippen molar-refractivity contribution in [2.45, 2.75) is 24.4 Å². The Hall–Kier alpha value is -2.84. The lowest BCUT2D eigenvalue weighted by Gasteiger charge is -2.13. The number of aromatic nitrogens is 3. The van der Waals surface area contributed by atoms with E-state index in [1.807, 2.05) is 0 Å². The van der Waals surface area contributed by atoms with E-state index in [1.165, 1.54) is 12.1 Å². The van der Waals surface area contributed by atoms with Gasteiger partial charge in [0.1, 0.15) is 5.75 Å². The summed E-state index contributed by atoms with van der Waals surface area (Å²) in [5.74, 6) is -2.41. The third-order valence-electron chi connectivity index (χ3n) is 4.27. The number of carbonyl (C=O) groups excluding carboxylic acids is 1. The fourth-order valence-corrected chi connectivity index (χ4v) is 4.99. The molecular formula is C19H12Cl2F6N4O3S. The first kappa shape index (κ1) is 26.8. The molecule has 0 bridgehead atoms. The number of rotatable bonds is 4. The van der Waals surface area contributed by atoms with Gasteiger partial charge in [0.25, 0.3) is 0 Å². The molecule has 3 rings (SSSR count). The van der Waals surface area contributed by atoms with Crippen LogP contribution in [0.3, 0.4) is 0 Å². The highest BCUT2D eigenvalue weighted by atomic mass is 35.5. The first-order chi connectivity index (χ1) is 16.0. The van der Waals surface area contributed by atoms with Gasteiger partial charge in [-0.1, -0.05) is 34.5 Å². The van der Waals surface area contributed by atoms with Crippen molar-refractivity contribution in [2.24, 2.45) is 4.36 Å². The highest BCUT2D eigenvalue weighted by molar-refractivity contribution is 7.93. The number of hydrogen-bond acceptors (Lipinski definition) is 5. The van der Waals surface area contributed by atoms with Crippen molar-refractivity contribution in [1.82, 2.24) is 15.0 Å². The average molecular weight is 561 g/mol. The maximum atomic E-state index is 13.9. The van der Waals surface area contributed by atoms with Crippen LogP contribution in [0.15, 0.2) is 45.7 Å². The molecule has 0 aliphatic rings. The summed E-state index contributed by atoms with van der Waals surface area (Å²) in [5.41, 5.74) is -2.99. The van der Waals surface area contributed by atoms with Crippen LogP contribution in [0.1, 0.15) is 21.7 Å². The number of benzene rings is 2. The van der Waals surface area contributed by atoms with Crippen molar-refractivity contribution in [3.05, 3.63) is 63.4 Å². The van der Waals surface area contributed by atoms with Gasteiger partial charge in [-0.2, -0.15) is 17.5 Å². The Morgan fingerprint density at radius 2 is 1.71 bits per heavy atom. The Kier molecular flexibility index (Phi) is 7.12. The number of hydrogen-bond donors (Lipinski definition) is 0. The second-order valence-corrected chi connectivity index (χ2v) is 10.0. The molecule has 1 atom stereocenters. The average Bonchev–Trinajstić information content (AvgIpc) is 3.14. The third-order valence-corrected chi connectivity index (χ3v) is 6.69. The molecule has 0 saturated carbocycles. The van der Waals surface area contributed by atoms with Crippen LogP contribution in [0.25, 0.3) is 5.69 Å². The molecule has 1 amide bonds. The molecule has 1 aromatic heterocycles. The van der Waals surface area contributed by atoms with Crippen LogP contribution < -0.4 is 4.74 Å². The summed E-state index contributed by atoms with van der Waals surface area (Å²) in [7, 11) is -3.61. The van der Waals surface area contributed by atoms with E-state index in [0.29, 0.717) is 17.7 Å². The van der Waals surface area contributed by atoms with E-state index in [0.717, 1.165) is 12.3 Å². The molecule has 16 heteroatoms. The third kappa shape index (κ3) is 6.05. The van der Waals surface area contributed by atoms with E-state index in [1.54, 1.807) is 13.0 Å². The minimum absolute atomic E-state index is 0.0210. The van der Waals surface area contributed by atoms with Crippen LogP contribution >= 0.6 is 23.2 Å². The maximum absolute atomic E-state index is 13.9. The molecule has 3 aromatic rings. The van der Waals surface area contributed by atoms with Gasteiger partial charge in [-0.15, -0.1) is 18.3 Å². The summed E-state index contributed by atoms with van der Waals surface area (Å²) in [4.78, 5) is 12.6. The van der Waals surface area contributed by atoms with Gasteiger partial charge in [0.15, 0.2) is 11.4 Å². The smallest absolute Gasteiger partial charge is 0.406 e. The molecule has 2 aromatic carbocycles. The van der Waals surface area contributed by atoms with E-state index in [2.05, 4.69) is 19.4 Å². The summed E-state index contributed by atoms with van der Waals surface area (Å²) in [6.07, 6.45) is -9.30. The molecule has 1 heterocycles. The number of aryl methyl sites for hydroxylation is 1. The topological polar surface area (TPSA) is 86.4 Å². The Morgan fingerprint density at radius 1 is 1.06 bits per heavy atom. The van der Waals surface area contributed by atoms with Crippen LogP contribution in [0.5, 0.6) is 5.75 Å². The molecule has 0 spiro atoms. The highest BCUT2D eigenvalue weighted by Crippen LogP contribution is 2.36. The van der Waals surface area contributed by atoms with Crippen LogP contribution in [-0.4, -0.2) is 37.7 Å². The van der Waals surface area contributed by atoms with Crippen LogP contribution in [0.2, 0.25) is 10.0 Å². The summed E-state index contributed by atoms with van der Waals surface area (Å²) in [6, 6.07) is 6.41. The van der Waals surface area contributed by atoms with Crippen molar-refractivity contribution in [3.63, 3.8) is 0 Å². The zero-order valence-electron chi connectivity index (χ0n) is 17.4. The fourth-order valence-electron chi connectivity index (χ4n) is 2.86. The van der Waals surface area contributed by atoms with Gasteiger partial charge in [-0.3, -0.25) is 4.79 Å². The second kappa shape index (κ2) is 9.32. The van der Waals surface area contributed by atoms with Gasteiger partial charge >= 0.3 is 18.4 Å². The number of ether oxygens (including phenoxy) is 1. The Morgan fingerprint density at radius 3 is 2.29 bits per heavy atom. The SMILES string of the molecule is Cc1ccc(Cl)c(S(C)(=O)=NC(=O)c2nnn(-c3ccc(OC(F)(F)F)cc3Cl)c2C(F)(F)F)c1. The zero-order valence-corrected chi connectivity index (χ0v) is 19.7. The highest BCUT2D eigenvalue weighted by Gasteiger charge is 2.42. The predicted molar refractivity (Wildman–Crippen MR) is 113 cm³/mol. The van der Waals surface area contributed by atoms with Gasteiger partial charge in [-0.25, -0.2) is 8.89 Å². The molecule has 0 aliphatic carbocycles. The Labute approximate surface area is 203 Å². The number of carbonyl (C=O) groups is 1. The monoisotopic (exact) mass is 560 g/mol. The van der Waals surface area contributed by atoms with Gasteiger partial charge < -0.3 is 4.74 Å². The maximum Gasteiger partial charge on any atom is 0.573 e. The Bertz CT molecular complexity index is 1430. The molecule has 188 valence electrons. The predicted octanol–water partition coefficient (Wildman–Crippen LogP) is 6.10. The molecule has 0 aliphatic heterocycles. The number of halogens is 8. The minimum Gasteiger partial charge on any atom is -0.406 e. The lowest BCUT2D eigenvalue weighted by atomic mass is 10.2. The van der Waals surface area contributed by atoms with E-state index in [9.17, 15) is 35.3 Å². The van der Waals surface area contributed by atoms with E-state index >= 15 is 0 Å². The zero-order chi connectivity index (χ0) is 26.3. The van der Waals surface area contributed by atoms with Crippen molar-refractivity contribution in [1.29, 1.82) is 0 Å². The number of alkyl halides is 6. The summed E-state index contributed by atoms with van der Waals surface area (Å²) >= 11 is 11.9. The van der Waals surface area contributed by atoms with Gasteiger partial charge in [0.2, 0.25) is 0 Å². The lowest BCUT2D eigenvalue weighted by molar-refractivity contribution is -0.274. The summed E-state index contributed by atoms with van der Waals surface area (Å²) in [5, 5.41) is 5.85. The fraction of sp³-hybridized carbons (Fsp3) is 0.211. The molecule has 0 fully saturated rings. The molecular weight excluding hydrogens is 549 g/mol. The summed E-state index contributed by atoms with van der Waals surface area (Å²) < 4.78 is 99.1. The minimum atomic E-state index is -5.25. The van der Waals surface area contributed by atoms with Gasteiger partial charge in [0.05, 0.1) is 30.4 Å². The van der Waals surface area contributed by atoms with Crippen molar-refractivity contribution in [2.75, 3.05) is 6.26 Å². The molecule has 35 heavy (non-hydrogen) atoms.